The highest BCUT2D eigenvalue weighted by Crippen LogP contribution is 2.44. The molecule has 0 aromatic carbocycles. The summed E-state index contributed by atoms with van der Waals surface area (Å²) in [6.07, 6.45) is 5.94. The van der Waals surface area contributed by atoms with Gasteiger partial charge >= 0.3 is 0 Å². The summed E-state index contributed by atoms with van der Waals surface area (Å²) in [6, 6.07) is 2.20. The van der Waals surface area contributed by atoms with Gasteiger partial charge in [0.05, 0.1) is 12.4 Å². The highest BCUT2D eigenvalue weighted by molar-refractivity contribution is 7.89. The Kier molecular flexibility index (Phi) is 3.84. The summed E-state index contributed by atoms with van der Waals surface area (Å²) in [5.41, 5.74) is 1.19. The van der Waals surface area contributed by atoms with Crippen molar-refractivity contribution in [1.82, 2.24) is 4.31 Å². The van der Waals surface area contributed by atoms with Gasteiger partial charge in [0.1, 0.15) is 5.60 Å². The van der Waals surface area contributed by atoms with Crippen LogP contribution in [0.25, 0.3) is 0 Å². The van der Waals surface area contributed by atoms with Crippen LogP contribution < -0.4 is 0 Å². The van der Waals surface area contributed by atoms with Gasteiger partial charge in [0, 0.05) is 18.0 Å². The van der Waals surface area contributed by atoms with Crippen LogP contribution in [0.2, 0.25) is 0 Å². The first-order chi connectivity index (χ1) is 10.6. The second-order valence-electron chi connectivity index (χ2n) is 6.84. The number of sulfonamides is 1. The van der Waals surface area contributed by atoms with Crippen molar-refractivity contribution in [2.45, 2.75) is 44.1 Å². The normalized spacial score (nSPS) is 25.8. The van der Waals surface area contributed by atoms with E-state index in [1.165, 1.54) is 16.9 Å². The molecule has 1 spiro atoms. The molecule has 6 heteroatoms. The van der Waals surface area contributed by atoms with Gasteiger partial charge in [-0.1, -0.05) is 6.42 Å². The van der Waals surface area contributed by atoms with Crippen molar-refractivity contribution in [3.8, 4) is 0 Å². The van der Waals surface area contributed by atoms with Crippen LogP contribution in [0.1, 0.15) is 42.5 Å². The van der Waals surface area contributed by atoms with Gasteiger partial charge < -0.3 is 4.74 Å². The molecule has 2 aliphatic heterocycles. The van der Waals surface area contributed by atoms with E-state index in [1.54, 1.807) is 15.6 Å². The van der Waals surface area contributed by atoms with Crippen molar-refractivity contribution in [3.63, 3.8) is 0 Å². The second kappa shape index (κ2) is 5.58. The van der Waals surface area contributed by atoms with Crippen LogP contribution in [0.3, 0.4) is 0 Å². The number of hydrogen-bond acceptors (Lipinski definition) is 4. The van der Waals surface area contributed by atoms with E-state index in [0.717, 1.165) is 38.7 Å². The summed E-state index contributed by atoms with van der Waals surface area (Å²) in [7, 11) is -3.08. The molecule has 1 aromatic heterocycles. The van der Waals surface area contributed by atoms with Crippen molar-refractivity contribution in [3.05, 3.63) is 21.9 Å². The van der Waals surface area contributed by atoms with E-state index >= 15 is 0 Å². The zero-order chi connectivity index (χ0) is 15.2. The van der Waals surface area contributed by atoms with Crippen molar-refractivity contribution in [2.24, 2.45) is 5.92 Å². The van der Waals surface area contributed by atoms with E-state index in [0.29, 0.717) is 24.8 Å². The van der Waals surface area contributed by atoms with E-state index in [2.05, 4.69) is 11.4 Å². The van der Waals surface area contributed by atoms with Crippen molar-refractivity contribution >= 4 is 21.4 Å². The summed E-state index contributed by atoms with van der Waals surface area (Å²) in [6.45, 7) is 1.97. The second-order valence-corrected chi connectivity index (χ2v) is 9.77. The van der Waals surface area contributed by atoms with Crippen molar-refractivity contribution in [1.29, 1.82) is 0 Å². The monoisotopic (exact) mass is 341 g/mol. The molecule has 22 heavy (non-hydrogen) atoms. The van der Waals surface area contributed by atoms with Gasteiger partial charge in [-0.2, -0.15) is 0 Å². The van der Waals surface area contributed by atoms with E-state index in [4.69, 9.17) is 4.74 Å². The lowest BCUT2D eigenvalue weighted by atomic mass is 9.86. The fourth-order valence-corrected chi connectivity index (χ4v) is 6.96. The van der Waals surface area contributed by atoms with Gasteiger partial charge in [0.25, 0.3) is 0 Å². The molecule has 3 aliphatic rings. The van der Waals surface area contributed by atoms with Crippen LogP contribution in [0.5, 0.6) is 0 Å². The first kappa shape index (κ1) is 15.1. The Labute approximate surface area is 136 Å². The smallest absolute Gasteiger partial charge is 0.214 e. The average molecular weight is 341 g/mol. The van der Waals surface area contributed by atoms with Gasteiger partial charge in [-0.25, -0.2) is 12.7 Å². The molecular formula is C16H23NO3S2. The minimum Gasteiger partial charge on any atom is -0.369 e. The highest BCUT2D eigenvalue weighted by Gasteiger charge is 2.44. The molecule has 1 aliphatic carbocycles. The maximum absolute atomic E-state index is 12.5. The molecule has 2 fully saturated rings. The first-order valence-corrected chi connectivity index (χ1v) is 10.8. The van der Waals surface area contributed by atoms with Gasteiger partial charge in [0.2, 0.25) is 10.0 Å². The van der Waals surface area contributed by atoms with E-state index in [1.807, 2.05) is 0 Å². The van der Waals surface area contributed by atoms with Gasteiger partial charge in [-0.3, -0.25) is 0 Å². The molecule has 1 aromatic rings. The molecule has 0 bridgehead atoms. The molecular weight excluding hydrogens is 318 g/mol. The Morgan fingerprint density at radius 2 is 2.09 bits per heavy atom. The third-order valence-electron chi connectivity index (χ3n) is 5.50. The molecule has 4 nitrogen and oxygen atoms in total. The maximum atomic E-state index is 12.5. The Bertz CT molecular complexity index is 640. The Morgan fingerprint density at radius 3 is 2.77 bits per heavy atom. The van der Waals surface area contributed by atoms with Crippen LogP contribution >= 0.6 is 11.3 Å². The summed E-state index contributed by atoms with van der Waals surface area (Å²) >= 11 is 1.77. The largest absolute Gasteiger partial charge is 0.369 e. The zero-order valence-electron chi connectivity index (χ0n) is 12.8. The summed E-state index contributed by atoms with van der Waals surface area (Å²) in [5, 5.41) is 2.14. The fraction of sp³-hybridized carbons (Fsp3) is 0.750. The number of rotatable bonds is 3. The third kappa shape index (κ3) is 2.54. The number of thiophene rings is 1. The minimum atomic E-state index is -3.08. The maximum Gasteiger partial charge on any atom is 0.214 e. The molecule has 3 heterocycles. The van der Waals surface area contributed by atoms with E-state index in [9.17, 15) is 8.42 Å². The summed E-state index contributed by atoms with van der Waals surface area (Å²) in [5.74, 6) is 0.751. The third-order valence-corrected chi connectivity index (χ3v) is 8.69. The predicted octanol–water partition coefficient (Wildman–Crippen LogP) is 2.74. The molecule has 0 unspecified atom stereocenters. The van der Waals surface area contributed by atoms with Crippen molar-refractivity contribution in [2.75, 3.05) is 25.4 Å². The number of ether oxygens (including phenoxy) is 1. The van der Waals surface area contributed by atoms with Crippen LogP contribution in [0.4, 0.5) is 0 Å². The molecule has 0 atom stereocenters. The Hall–Kier alpha value is -0.430. The standard InChI is InChI=1S/C16H23NO3S2/c18-22(19,12-13-2-1-3-13)17-8-6-16(7-9-17)15-14(4-10-20-16)5-11-21-15/h5,11,13H,1-4,6-10,12H2. The Morgan fingerprint density at radius 1 is 1.32 bits per heavy atom. The summed E-state index contributed by atoms with van der Waals surface area (Å²) in [4.78, 5) is 1.34. The van der Waals surface area contributed by atoms with Crippen molar-refractivity contribution < 1.29 is 13.2 Å². The number of fused-ring (bicyclic) bond motifs is 2. The van der Waals surface area contributed by atoms with E-state index in [-0.39, 0.29) is 5.60 Å². The van der Waals surface area contributed by atoms with Gasteiger partial charge in [-0.15, -0.1) is 11.3 Å². The van der Waals surface area contributed by atoms with E-state index < -0.39 is 10.0 Å². The molecule has 0 radical (unpaired) electrons. The quantitative estimate of drug-likeness (QED) is 0.849. The lowest BCUT2D eigenvalue weighted by molar-refractivity contribution is -0.0862. The van der Waals surface area contributed by atoms with Crippen LogP contribution in [-0.2, 0) is 26.8 Å². The van der Waals surface area contributed by atoms with Crippen LogP contribution in [0.15, 0.2) is 11.4 Å². The minimum absolute atomic E-state index is 0.218. The van der Waals surface area contributed by atoms with Gasteiger partial charge in [0.15, 0.2) is 0 Å². The molecule has 1 saturated heterocycles. The van der Waals surface area contributed by atoms with Gasteiger partial charge in [-0.05, 0) is 55.0 Å². The lowest BCUT2D eigenvalue weighted by Gasteiger charge is -2.43. The SMILES string of the molecule is O=S(=O)(CC1CCC1)N1CCC2(CC1)OCCc1ccsc12. The molecule has 122 valence electrons. The average Bonchev–Trinajstić information content (AvgIpc) is 2.94. The number of hydrogen-bond donors (Lipinski definition) is 0. The molecule has 0 N–H and O–H groups in total. The first-order valence-electron chi connectivity index (χ1n) is 8.28. The number of piperidine rings is 1. The zero-order valence-corrected chi connectivity index (χ0v) is 14.4. The molecule has 1 saturated carbocycles. The molecule has 0 amide bonds. The molecule has 4 rings (SSSR count). The Balaban J connectivity index is 1.47. The lowest BCUT2D eigenvalue weighted by Crippen LogP contribution is -2.49. The fourth-order valence-electron chi connectivity index (χ4n) is 3.91. The highest BCUT2D eigenvalue weighted by atomic mass is 32.2. The summed E-state index contributed by atoms with van der Waals surface area (Å²) < 4.78 is 33.0. The van der Waals surface area contributed by atoms with Crippen LogP contribution in [-0.4, -0.2) is 38.2 Å². The number of nitrogens with zero attached hydrogens (tertiary/aromatic N) is 1. The van der Waals surface area contributed by atoms with Crippen LogP contribution in [0, 0.1) is 5.92 Å². The predicted molar refractivity (Wildman–Crippen MR) is 87.6 cm³/mol. The topological polar surface area (TPSA) is 46.6 Å².